The summed E-state index contributed by atoms with van der Waals surface area (Å²) < 4.78 is 6.88. The zero-order valence-corrected chi connectivity index (χ0v) is 14.2. The van der Waals surface area contributed by atoms with Crippen LogP contribution in [0.15, 0.2) is 24.5 Å². The van der Waals surface area contributed by atoms with Gasteiger partial charge in [0.2, 0.25) is 0 Å². The quantitative estimate of drug-likeness (QED) is 0.861. The number of tetrazole rings is 1. The van der Waals surface area contributed by atoms with Gasteiger partial charge in [0, 0.05) is 18.2 Å². The van der Waals surface area contributed by atoms with Crippen LogP contribution in [-0.4, -0.2) is 50.7 Å². The molecule has 0 unspecified atom stereocenters. The van der Waals surface area contributed by atoms with Crippen LogP contribution in [0.1, 0.15) is 49.4 Å². The van der Waals surface area contributed by atoms with E-state index in [2.05, 4.69) is 22.4 Å². The molecule has 128 valence electrons. The lowest BCUT2D eigenvalue weighted by Crippen LogP contribution is -2.39. The lowest BCUT2D eigenvalue weighted by atomic mass is 10.1. The number of hydrogen-bond donors (Lipinski definition) is 0. The molecule has 0 spiro atoms. The van der Waals surface area contributed by atoms with Gasteiger partial charge in [0.25, 0.3) is 5.91 Å². The van der Waals surface area contributed by atoms with E-state index in [9.17, 15) is 4.79 Å². The minimum atomic E-state index is 0.0701. The van der Waals surface area contributed by atoms with Crippen molar-refractivity contribution in [3.05, 3.63) is 30.1 Å². The number of nitrogens with zero attached hydrogens (tertiary/aromatic N) is 5. The highest BCUT2D eigenvalue weighted by Gasteiger charge is 2.25. The number of likely N-dealkylation sites (tertiary alicyclic amines) is 1. The fourth-order valence-corrected chi connectivity index (χ4v) is 3.31. The molecule has 1 aliphatic rings. The number of carbonyl (C=O) groups is 1. The summed E-state index contributed by atoms with van der Waals surface area (Å²) in [5.41, 5.74) is 1.30. The van der Waals surface area contributed by atoms with E-state index in [1.807, 2.05) is 11.0 Å². The summed E-state index contributed by atoms with van der Waals surface area (Å²) in [6.07, 6.45) is 7.02. The van der Waals surface area contributed by atoms with Crippen LogP contribution >= 0.6 is 0 Å². The zero-order chi connectivity index (χ0) is 16.9. The first kappa shape index (κ1) is 16.4. The summed E-state index contributed by atoms with van der Waals surface area (Å²) in [4.78, 5) is 15.1. The lowest BCUT2D eigenvalue weighted by molar-refractivity contribution is 0.0678. The topological polar surface area (TPSA) is 73.1 Å². The second kappa shape index (κ2) is 7.42. The maximum absolute atomic E-state index is 13.1. The second-order valence-corrected chi connectivity index (χ2v) is 6.05. The zero-order valence-electron chi connectivity index (χ0n) is 14.2. The Morgan fingerprint density at radius 1 is 1.33 bits per heavy atom. The SMILES string of the molecule is CC[C@H]1CCCCCN1C(=O)c1ccc(OC)c(-n2cnnn2)c1. The van der Waals surface area contributed by atoms with Crippen LogP contribution in [-0.2, 0) is 0 Å². The molecule has 1 amide bonds. The van der Waals surface area contributed by atoms with E-state index in [0.29, 0.717) is 23.0 Å². The minimum Gasteiger partial charge on any atom is -0.494 e. The maximum Gasteiger partial charge on any atom is 0.254 e. The Hall–Kier alpha value is -2.44. The van der Waals surface area contributed by atoms with Crippen LogP contribution in [0.2, 0.25) is 0 Å². The Morgan fingerprint density at radius 2 is 2.21 bits per heavy atom. The third-order valence-electron chi connectivity index (χ3n) is 4.63. The number of rotatable bonds is 4. The predicted molar refractivity (Wildman–Crippen MR) is 89.3 cm³/mol. The van der Waals surface area contributed by atoms with Gasteiger partial charge in [0.15, 0.2) is 0 Å². The van der Waals surface area contributed by atoms with Crippen molar-refractivity contribution in [1.29, 1.82) is 0 Å². The fourth-order valence-electron chi connectivity index (χ4n) is 3.31. The Bertz CT molecular complexity index is 686. The van der Waals surface area contributed by atoms with Crippen molar-refractivity contribution in [3.8, 4) is 11.4 Å². The average molecular weight is 329 g/mol. The molecule has 0 radical (unpaired) electrons. The van der Waals surface area contributed by atoms with Gasteiger partial charge < -0.3 is 9.64 Å². The van der Waals surface area contributed by atoms with Crippen molar-refractivity contribution in [2.24, 2.45) is 0 Å². The highest BCUT2D eigenvalue weighted by molar-refractivity contribution is 5.95. The van der Waals surface area contributed by atoms with Crippen LogP contribution in [0.4, 0.5) is 0 Å². The maximum atomic E-state index is 13.1. The van der Waals surface area contributed by atoms with Crippen molar-refractivity contribution >= 4 is 5.91 Å². The standard InChI is InChI=1S/C17H23N5O2/c1-3-14-7-5-4-6-10-21(14)17(23)13-8-9-16(24-2)15(11-13)22-12-18-19-20-22/h8-9,11-12,14H,3-7,10H2,1-2H3/t14-/m0/s1. The van der Waals surface area contributed by atoms with Gasteiger partial charge in [-0.15, -0.1) is 5.10 Å². The smallest absolute Gasteiger partial charge is 0.254 e. The highest BCUT2D eigenvalue weighted by atomic mass is 16.5. The van der Waals surface area contributed by atoms with Crippen LogP contribution in [0.5, 0.6) is 5.75 Å². The summed E-state index contributed by atoms with van der Waals surface area (Å²) in [7, 11) is 1.59. The summed E-state index contributed by atoms with van der Waals surface area (Å²) in [6, 6.07) is 5.73. The van der Waals surface area contributed by atoms with Crippen LogP contribution < -0.4 is 4.74 Å². The van der Waals surface area contributed by atoms with Gasteiger partial charge in [-0.2, -0.15) is 4.68 Å². The molecule has 1 aromatic heterocycles. The second-order valence-electron chi connectivity index (χ2n) is 6.05. The van der Waals surface area contributed by atoms with Crippen molar-refractivity contribution < 1.29 is 9.53 Å². The number of ether oxygens (including phenoxy) is 1. The number of carbonyl (C=O) groups excluding carboxylic acids is 1. The van der Waals surface area contributed by atoms with Gasteiger partial charge >= 0.3 is 0 Å². The van der Waals surface area contributed by atoms with E-state index in [0.717, 1.165) is 25.8 Å². The van der Waals surface area contributed by atoms with E-state index < -0.39 is 0 Å². The fraction of sp³-hybridized carbons (Fsp3) is 0.529. The first-order chi connectivity index (χ1) is 11.7. The molecular weight excluding hydrogens is 306 g/mol. The normalized spacial score (nSPS) is 18.2. The molecule has 24 heavy (non-hydrogen) atoms. The number of methoxy groups -OCH3 is 1. The molecule has 0 N–H and O–H groups in total. The summed E-state index contributed by atoms with van der Waals surface area (Å²) >= 11 is 0. The molecule has 2 aromatic rings. The largest absolute Gasteiger partial charge is 0.494 e. The molecule has 1 atom stereocenters. The van der Waals surface area contributed by atoms with E-state index in [-0.39, 0.29) is 5.91 Å². The number of benzene rings is 1. The van der Waals surface area contributed by atoms with E-state index in [1.54, 1.807) is 19.2 Å². The average Bonchev–Trinajstić information content (AvgIpc) is 3.05. The van der Waals surface area contributed by atoms with Gasteiger partial charge in [-0.3, -0.25) is 4.79 Å². The molecule has 2 heterocycles. The Morgan fingerprint density at radius 3 is 2.92 bits per heavy atom. The molecule has 0 aliphatic carbocycles. The number of amides is 1. The molecule has 1 aromatic carbocycles. The molecule has 7 heteroatoms. The van der Waals surface area contributed by atoms with Crippen LogP contribution in [0.25, 0.3) is 5.69 Å². The number of aromatic nitrogens is 4. The Labute approximate surface area is 141 Å². The minimum absolute atomic E-state index is 0.0701. The molecule has 0 bridgehead atoms. The van der Waals surface area contributed by atoms with Gasteiger partial charge in [-0.05, 0) is 47.9 Å². The summed E-state index contributed by atoms with van der Waals surface area (Å²) in [5, 5.41) is 11.2. The third-order valence-corrected chi connectivity index (χ3v) is 4.63. The first-order valence-corrected chi connectivity index (χ1v) is 8.47. The van der Waals surface area contributed by atoms with Gasteiger partial charge in [0.1, 0.15) is 17.8 Å². The summed E-state index contributed by atoms with van der Waals surface area (Å²) in [6.45, 7) is 2.97. The molecule has 3 rings (SSSR count). The molecule has 7 nitrogen and oxygen atoms in total. The van der Waals surface area contributed by atoms with Crippen LogP contribution in [0.3, 0.4) is 0 Å². The lowest BCUT2D eigenvalue weighted by Gasteiger charge is -2.29. The van der Waals surface area contributed by atoms with E-state index in [1.165, 1.54) is 23.9 Å². The third kappa shape index (κ3) is 3.25. The van der Waals surface area contributed by atoms with Gasteiger partial charge in [-0.1, -0.05) is 19.8 Å². The molecule has 1 fully saturated rings. The molecule has 0 saturated carbocycles. The molecular formula is C17H23N5O2. The van der Waals surface area contributed by atoms with Crippen LogP contribution in [0, 0.1) is 0 Å². The predicted octanol–water partition coefficient (Wildman–Crippen LogP) is 2.47. The highest BCUT2D eigenvalue weighted by Crippen LogP contribution is 2.26. The van der Waals surface area contributed by atoms with E-state index in [4.69, 9.17) is 4.74 Å². The van der Waals surface area contributed by atoms with Crippen molar-refractivity contribution in [2.45, 2.75) is 45.1 Å². The van der Waals surface area contributed by atoms with Crippen molar-refractivity contribution in [2.75, 3.05) is 13.7 Å². The molecule has 1 aliphatic heterocycles. The van der Waals surface area contributed by atoms with Crippen molar-refractivity contribution in [3.63, 3.8) is 0 Å². The van der Waals surface area contributed by atoms with E-state index >= 15 is 0 Å². The Balaban J connectivity index is 1.93. The van der Waals surface area contributed by atoms with Gasteiger partial charge in [0.05, 0.1) is 7.11 Å². The van der Waals surface area contributed by atoms with Gasteiger partial charge in [-0.25, -0.2) is 0 Å². The van der Waals surface area contributed by atoms with Crippen molar-refractivity contribution in [1.82, 2.24) is 25.1 Å². The monoisotopic (exact) mass is 329 g/mol. The molecule has 1 saturated heterocycles. The Kier molecular flexibility index (Phi) is 5.08. The number of hydrogen-bond acceptors (Lipinski definition) is 5. The summed E-state index contributed by atoms with van der Waals surface area (Å²) in [5.74, 6) is 0.697. The first-order valence-electron chi connectivity index (χ1n) is 8.47.